The number of aliphatic hydroxyl groups is 1. The zero-order chi connectivity index (χ0) is 12.7. The van der Waals surface area contributed by atoms with Gasteiger partial charge in [0, 0.05) is 0 Å². The molecule has 0 bridgehead atoms. The Morgan fingerprint density at radius 3 is 2.18 bits per heavy atom. The van der Waals surface area contributed by atoms with E-state index in [0.29, 0.717) is 0 Å². The lowest BCUT2D eigenvalue weighted by Gasteiger charge is -2.38. The molecule has 0 aromatic heterocycles. The van der Waals surface area contributed by atoms with Crippen molar-refractivity contribution >= 4 is 5.57 Å². The van der Waals surface area contributed by atoms with E-state index in [4.69, 9.17) is 0 Å². The van der Waals surface area contributed by atoms with Gasteiger partial charge in [0.2, 0.25) is 0 Å². The van der Waals surface area contributed by atoms with Crippen LogP contribution in [0.5, 0.6) is 5.75 Å². The molecule has 1 aliphatic rings. The van der Waals surface area contributed by atoms with E-state index in [-0.39, 0.29) is 11.2 Å². The van der Waals surface area contributed by atoms with Crippen molar-refractivity contribution in [3.05, 3.63) is 35.9 Å². The Kier molecular flexibility index (Phi) is 2.78. The van der Waals surface area contributed by atoms with Crippen molar-refractivity contribution in [2.75, 3.05) is 0 Å². The highest BCUT2D eigenvalue weighted by Gasteiger charge is 2.34. The van der Waals surface area contributed by atoms with Gasteiger partial charge in [0.1, 0.15) is 5.75 Å². The van der Waals surface area contributed by atoms with Crippen molar-refractivity contribution in [2.24, 2.45) is 5.41 Å². The summed E-state index contributed by atoms with van der Waals surface area (Å²) in [6, 6.07) is 7.18. The summed E-state index contributed by atoms with van der Waals surface area (Å²) in [7, 11) is 0. The fourth-order valence-electron chi connectivity index (χ4n) is 2.89. The van der Waals surface area contributed by atoms with E-state index in [1.165, 1.54) is 0 Å². The molecule has 0 fully saturated rings. The number of benzene rings is 1. The highest BCUT2D eigenvalue weighted by molar-refractivity contribution is 5.68. The summed E-state index contributed by atoms with van der Waals surface area (Å²) in [6.45, 7) is 6.21. The number of phenols is 1. The number of aromatic hydroxyl groups is 1. The van der Waals surface area contributed by atoms with Crippen molar-refractivity contribution in [1.82, 2.24) is 0 Å². The normalized spacial score (nSPS) is 27.6. The Hall–Kier alpha value is -1.28. The summed E-state index contributed by atoms with van der Waals surface area (Å²) in [4.78, 5) is 0. The van der Waals surface area contributed by atoms with Crippen molar-refractivity contribution in [1.29, 1.82) is 0 Å². The van der Waals surface area contributed by atoms with Gasteiger partial charge in [0.05, 0.1) is 5.60 Å². The van der Waals surface area contributed by atoms with Gasteiger partial charge in [-0.15, -0.1) is 0 Å². The Bertz CT molecular complexity index is 438. The first-order valence-corrected chi connectivity index (χ1v) is 6.01. The maximum Gasteiger partial charge on any atom is 0.115 e. The molecule has 1 atom stereocenters. The molecule has 0 spiro atoms. The van der Waals surface area contributed by atoms with E-state index >= 15 is 0 Å². The molecule has 92 valence electrons. The minimum absolute atomic E-state index is 0.103. The molecule has 1 unspecified atom stereocenters. The van der Waals surface area contributed by atoms with E-state index in [2.05, 4.69) is 13.8 Å². The van der Waals surface area contributed by atoms with E-state index in [1.54, 1.807) is 12.1 Å². The third-order valence-electron chi connectivity index (χ3n) is 3.23. The minimum atomic E-state index is -0.741. The highest BCUT2D eigenvalue weighted by atomic mass is 16.3. The molecule has 2 rings (SSSR count). The lowest BCUT2D eigenvalue weighted by atomic mass is 9.70. The first kappa shape index (κ1) is 12.2. The molecule has 1 aromatic rings. The van der Waals surface area contributed by atoms with Gasteiger partial charge in [0.25, 0.3) is 0 Å². The third kappa shape index (κ3) is 2.89. The van der Waals surface area contributed by atoms with Gasteiger partial charge in [-0.25, -0.2) is 0 Å². The molecule has 0 saturated carbocycles. The lowest BCUT2D eigenvalue weighted by molar-refractivity contribution is 0.0532. The van der Waals surface area contributed by atoms with Crippen LogP contribution in [0.15, 0.2) is 30.3 Å². The van der Waals surface area contributed by atoms with Crippen molar-refractivity contribution in [2.45, 2.75) is 39.2 Å². The SMILES string of the molecule is CC1(O)C=C(c2ccc(O)cc2)CC(C)(C)C1. The third-order valence-corrected chi connectivity index (χ3v) is 3.23. The number of rotatable bonds is 1. The van der Waals surface area contributed by atoms with E-state index in [1.807, 2.05) is 25.1 Å². The van der Waals surface area contributed by atoms with Crippen molar-refractivity contribution in [3.63, 3.8) is 0 Å². The second kappa shape index (κ2) is 3.88. The van der Waals surface area contributed by atoms with E-state index < -0.39 is 5.60 Å². The summed E-state index contributed by atoms with van der Waals surface area (Å²) in [5, 5.41) is 19.6. The molecule has 0 aliphatic heterocycles. The topological polar surface area (TPSA) is 40.5 Å². The van der Waals surface area contributed by atoms with E-state index in [0.717, 1.165) is 24.0 Å². The van der Waals surface area contributed by atoms with Crippen LogP contribution < -0.4 is 0 Å². The molecule has 2 nitrogen and oxygen atoms in total. The molecule has 2 heteroatoms. The molecule has 0 radical (unpaired) electrons. The van der Waals surface area contributed by atoms with Crippen LogP contribution in [-0.4, -0.2) is 15.8 Å². The first-order valence-electron chi connectivity index (χ1n) is 6.01. The van der Waals surface area contributed by atoms with Crippen LogP contribution in [0.1, 0.15) is 39.2 Å². The van der Waals surface area contributed by atoms with Crippen LogP contribution in [0.2, 0.25) is 0 Å². The van der Waals surface area contributed by atoms with Crippen LogP contribution in [0, 0.1) is 5.41 Å². The Morgan fingerprint density at radius 2 is 1.65 bits per heavy atom. The first-order chi connectivity index (χ1) is 7.77. The van der Waals surface area contributed by atoms with Crippen LogP contribution >= 0.6 is 0 Å². The standard InChI is InChI=1S/C15H20O2/c1-14(2)8-12(9-15(3,17)10-14)11-4-6-13(16)7-5-11/h4-7,9,16-17H,8,10H2,1-3H3. The molecule has 0 saturated heterocycles. The van der Waals surface area contributed by atoms with Crippen molar-refractivity contribution in [3.8, 4) is 5.75 Å². The Balaban J connectivity index is 2.38. The van der Waals surface area contributed by atoms with Crippen LogP contribution in [0.3, 0.4) is 0 Å². The number of allylic oxidation sites excluding steroid dienone is 1. The molecular formula is C15H20O2. The maximum atomic E-state index is 10.3. The van der Waals surface area contributed by atoms with Gasteiger partial charge in [-0.1, -0.05) is 26.0 Å². The summed E-state index contributed by atoms with van der Waals surface area (Å²) in [5.74, 6) is 0.274. The summed E-state index contributed by atoms with van der Waals surface area (Å²) in [5.41, 5.74) is 1.60. The second-order valence-electron chi connectivity index (χ2n) is 6.09. The molecule has 0 amide bonds. The molecule has 2 N–H and O–H groups in total. The summed E-state index contributed by atoms with van der Waals surface area (Å²) < 4.78 is 0. The maximum absolute atomic E-state index is 10.3. The van der Waals surface area contributed by atoms with Crippen molar-refractivity contribution < 1.29 is 10.2 Å². The summed E-state index contributed by atoms with van der Waals surface area (Å²) in [6.07, 6.45) is 3.68. The fourth-order valence-corrected chi connectivity index (χ4v) is 2.89. The monoisotopic (exact) mass is 232 g/mol. The van der Waals surface area contributed by atoms with Gasteiger partial charge < -0.3 is 10.2 Å². The smallest absolute Gasteiger partial charge is 0.115 e. The van der Waals surface area contributed by atoms with Gasteiger partial charge in [-0.05, 0) is 54.5 Å². The molecule has 17 heavy (non-hydrogen) atoms. The van der Waals surface area contributed by atoms with Crippen LogP contribution in [0.25, 0.3) is 5.57 Å². The largest absolute Gasteiger partial charge is 0.508 e. The molecule has 1 aromatic carbocycles. The lowest BCUT2D eigenvalue weighted by Crippen LogP contribution is -2.33. The zero-order valence-corrected chi connectivity index (χ0v) is 10.7. The van der Waals surface area contributed by atoms with E-state index in [9.17, 15) is 10.2 Å². The molecule has 1 aliphatic carbocycles. The predicted octanol–water partition coefficient (Wildman–Crippen LogP) is 3.35. The molecular weight excluding hydrogens is 212 g/mol. The van der Waals surface area contributed by atoms with Gasteiger partial charge >= 0.3 is 0 Å². The second-order valence-corrected chi connectivity index (χ2v) is 6.09. The number of hydrogen-bond acceptors (Lipinski definition) is 2. The number of hydrogen-bond donors (Lipinski definition) is 2. The van der Waals surface area contributed by atoms with Crippen LogP contribution in [0.4, 0.5) is 0 Å². The minimum Gasteiger partial charge on any atom is -0.508 e. The van der Waals surface area contributed by atoms with Gasteiger partial charge in [0.15, 0.2) is 0 Å². The Labute approximate surface area is 103 Å². The van der Waals surface area contributed by atoms with Gasteiger partial charge in [-0.2, -0.15) is 0 Å². The summed E-state index contributed by atoms with van der Waals surface area (Å²) >= 11 is 0. The zero-order valence-electron chi connectivity index (χ0n) is 10.7. The highest BCUT2D eigenvalue weighted by Crippen LogP contribution is 2.43. The fraction of sp³-hybridized carbons (Fsp3) is 0.467. The van der Waals surface area contributed by atoms with Gasteiger partial charge in [-0.3, -0.25) is 0 Å². The quantitative estimate of drug-likeness (QED) is 0.779. The average Bonchev–Trinajstić information content (AvgIpc) is 2.13. The predicted molar refractivity (Wildman–Crippen MR) is 69.7 cm³/mol. The molecule has 0 heterocycles. The Morgan fingerprint density at radius 1 is 1.06 bits per heavy atom. The average molecular weight is 232 g/mol. The van der Waals surface area contributed by atoms with Crippen LogP contribution in [-0.2, 0) is 0 Å². The number of phenolic OH excluding ortho intramolecular Hbond substituents is 1.